The summed E-state index contributed by atoms with van der Waals surface area (Å²) in [6, 6.07) is 19.5. The fourth-order valence-electron chi connectivity index (χ4n) is 2.86. The maximum atomic E-state index is 11.4. The second-order valence-corrected chi connectivity index (χ2v) is 6.28. The molecule has 144 valence electrons. The first-order valence-corrected chi connectivity index (χ1v) is 8.94. The van der Waals surface area contributed by atoms with Crippen molar-refractivity contribution in [1.82, 2.24) is 0 Å². The molecule has 2 aromatic carbocycles. The molecule has 7 nitrogen and oxygen atoms in total. The fourth-order valence-corrected chi connectivity index (χ4v) is 2.86. The summed E-state index contributed by atoms with van der Waals surface area (Å²) in [6.45, 7) is 1.01. The van der Waals surface area contributed by atoms with Crippen molar-refractivity contribution in [3.8, 4) is 0 Å². The van der Waals surface area contributed by atoms with E-state index in [2.05, 4.69) is 10.0 Å². The van der Waals surface area contributed by atoms with Gasteiger partial charge in [0.05, 0.1) is 19.8 Å². The van der Waals surface area contributed by atoms with Crippen LogP contribution in [0.4, 0.5) is 0 Å². The fraction of sp³-hybridized carbons (Fsp3) is 0.286. The van der Waals surface area contributed by atoms with Gasteiger partial charge in [0.2, 0.25) is 0 Å². The van der Waals surface area contributed by atoms with Gasteiger partial charge in [-0.15, -0.1) is 0 Å². The summed E-state index contributed by atoms with van der Waals surface area (Å²) in [4.78, 5) is 14.1. The minimum absolute atomic E-state index is 0.231. The molecule has 1 aliphatic rings. The molecule has 0 saturated heterocycles. The molecule has 7 heteroatoms. The van der Waals surface area contributed by atoms with Crippen molar-refractivity contribution in [1.29, 1.82) is 0 Å². The summed E-state index contributed by atoms with van der Waals surface area (Å²) >= 11 is 0. The second-order valence-electron chi connectivity index (χ2n) is 6.28. The van der Waals surface area contributed by atoms with E-state index in [9.17, 15) is 4.79 Å². The van der Waals surface area contributed by atoms with Crippen LogP contribution in [0.15, 0.2) is 77.4 Å². The summed E-state index contributed by atoms with van der Waals surface area (Å²) in [5, 5.41) is 3.55. The van der Waals surface area contributed by atoms with Gasteiger partial charge in [-0.1, -0.05) is 65.8 Å². The molecule has 28 heavy (non-hydrogen) atoms. The molecule has 0 unspecified atom stereocenters. The lowest BCUT2D eigenvalue weighted by Gasteiger charge is -2.32. The zero-order valence-electron chi connectivity index (χ0n) is 15.3. The Bertz CT molecular complexity index is 835. The second kappa shape index (κ2) is 10.4. The molecule has 0 N–H and O–H groups in total. The molecule has 0 bridgehead atoms. The molecule has 1 aliphatic heterocycles. The zero-order chi connectivity index (χ0) is 19.6. The number of benzene rings is 2. The number of rotatable bonds is 9. The summed E-state index contributed by atoms with van der Waals surface area (Å²) in [5.41, 5.74) is 11.0. The standard InChI is InChI=1S/C21H21N3O4/c22-24-23-21-18(12-25)11-19(27-14-17-9-5-2-6-10-17)20(28-21)15-26-13-16-7-3-1-4-8-16/h1-12,19-21H,13-15H2/t19-,20+,21-/m0/s1. The van der Waals surface area contributed by atoms with Gasteiger partial charge in [-0.3, -0.25) is 4.79 Å². The van der Waals surface area contributed by atoms with E-state index in [0.29, 0.717) is 19.5 Å². The molecule has 0 fully saturated rings. The van der Waals surface area contributed by atoms with Crippen LogP contribution in [-0.4, -0.2) is 31.3 Å². The first-order valence-electron chi connectivity index (χ1n) is 8.94. The summed E-state index contributed by atoms with van der Waals surface area (Å²) in [5.74, 6) is 0. The third-order valence-electron chi connectivity index (χ3n) is 4.28. The molecule has 0 spiro atoms. The topological polar surface area (TPSA) is 93.5 Å². The first kappa shape index (κ1) is 19.8. The van der Waals surface area contributed by atoms with Crippen LogP contribution in [-0.2, 0) is 32.2 Å². The van der Waals surface area contributed by atoms with Crippen LogP contribution in [0, 0.1) is 0 Å². The Morgan fingerprint density at radius 2 is 1.68 bits per heavy atom. The van der Waals surface area contributed by atoms with Crippen LogP contribution < -0.4 is 0 Å². The number of carbonyl (C=O) groups is 1. The lowest BCUT2D eigenvalue weighted by Crippen LogP contribution is -2.41. The number of azide groups is 1. The maximum Gasteiger partial charge on any atom is 0.165 e. The highest BCUT2D eigenvalue weighted by Gasteiger charge is 2.32. The molecule has 0 amide bonds. The van der Waals surface area contributed by atoms with Gasteiger partial charge in [-0.2, -0.15) is 0 Å². The smallest absolute Gasteiger partial charge is 0.165 e. The number of carbonyl (C=O) groups excluding carboxylic acids is 1. The summed E-state index contributed by atoms with van der Waals surface area (Å²) in [7, 11) is 0. The molecule has 0 saturated carbocycles. The number of ether oxygens (including phenoxy) is 3. The van der Waals surface area contributed by atoms with Crippen LogP contribution in [0.5, 0.6) is 0 Å². The first-order chi connectivity index (χ1) is 13.8. The van der Waals surface area contributed by atoms with Crippen LogP contribution in [0.1, 0.15) is 11.1 Å². The third kappa shape index (κ3) is 5.52. The molecule has 3 rings (SSSR count). The van der Waals surface area contributed by atoms with Gasteiger partial charge in [-0.25, -0.2) is 0 Å². The van der Waals surface area contributed by atoms with Crippen LogP contribution in [0.3, 0.4) is 0 Å². The number of aldehydes is 1. The van der Waals surface area contributed by atoms with Crippen molar-refractivity contribution in [3.63, 3.8) is 0 Å². The quantitative estimate of drug-likeness (QED) is 0.285. The Morgan fingerprint density at radius 1 is 1.04 bits per heavy atom. The molecule has 0 radical (unpaired) electrons. The predicted molar refractivity (Wildman–Crippen MR) is 103 cm³/mol. The van der Waals surface area contributed by atoms with Gasteiger partial charge in [-0.05, 0) is 22.7 Å². The van der Waals surface area contributed by atoms with Crippen LogP contribution in [0.25, 0.3) is 10.4 Å². The van der Waals surface area contributed by atoms with Crippen molar-refractivity contribution in [2.75, 3.05) is 6.61 Å². The van der Waals surface area contributed by atoms with Crippen molar-refractivity contribution < 1.29 is 19.0 Å². The van der Waals surface area contributed by atoms with Gasteiger partial charge >= 0.3 is 0 Å². The van der Waals surface area contributed by atoms with Gasteiger partial charge in [0, 0.05) is 10.5 Å². The normalized spacial score (nSPS) is 21.4. The van der Waals surface area contributed by atoms with Crippen molar-refractivity contribution in [3.05, 3.63) is 93.9 Å². The lowest BCUT2D eigenvalue weighted by atomic mass is 10.1. The third-order valence-corrected chi connectivity index (χ3v) is 4.28. The van der Waals surface area contributed by atoms with E-state index in [0.717, 1.165) is 11.1 Å². The SMILES string of the molecule is [N-]=[N+]=N[C@H]1O[C@H](COCc2ccccc2)[C@@H](OCc2ccccc2)C=C1C=O. The largest absolute Gasteiger partial charge is 0.374 e. The molecular formula is C21H21N3O4. The van der Waals surface area contributed by atoms with Crippen molar-refractivity contribution in [2.45, 2.75) is 31.6 Å². The van der Waals surface area contributed by atoms with Crippen molar-refractivity contribution >= 4 is 6.29 Å². The Morgan fingerprint density at radius 3 is 2.29 bits per heavy atom. The van der Waals surface area contributed by atoms with Gasteiger partial charge in [0.15, 0.2) is 6.23 Å². The molecule has 0 aromatic heterocycles. The van der Waals surface area contributed by atoms with Crippen LogP contribution >= 0.6 is 0 Å². The van der Waals surface area contributed by atoms with E-state index in [1.165, 1.54) is 0 Å². The molecule has 0 aliphatic carbocycles. The van der Waals surface area contributed by atoms with Crippen molar-refractivity contribution in [2.24, 2.45) is 5.11 Å². The Labute approximate surface area is 163 Å². The zero-order valence-corrected chi connectivity index (χ0v) is 15.3. The Kier molecular flexibility index (Phi) is 7.35. The number of hydrogen-bond donors (Lipinski definition) is 0. The minimum Gasteiger partial charge on any atom is -0.374 e. The molecule has 2 aromatic rings. The monoisotopic (exact) mass is 379 g/mol. The van der Waals surface area contributed by atoms with E-state index in [4.69, 9.17) is 19.7 Å². The average molecular weight is 379 g/mol. The van der Waals surface area contributed by atoms with Gasteiger partial charge in [0.25, 0.3) is 0 Å². The Balaban J connectivity index is 1.68. The van der Waals surface area contributed by atoms with Gasteiger partial charge < -0.3 is 14.2 Å². The molecule has 3 atom stereocenters. The molecular weight excluding hydrogens is 358 g/mol. The highest BCUT2D eigenvalue weighted by Crippen LogP contribution is 2.23. The van der Waals surface area contributed by atoms with E-state index >= 15 is 0 Å². The van der Waals surface area contributed by atoms with Crippen LogP contribution in [0.2, 0.25) is 0 Å². The lowest BCUT2D eigenvalue weighted by molar-refractivity contribution is -0.126. The van der Waals surface area contributed by atoms with E-state index in [-0.39, 0.29) is 12.2 Å². The number of hydrogen-bond acceptors (Lipinski definition) is 5. The average Bonchev–Trinajstić information content (AvgIpc) is 2.75. The molecule has 1 heterocycles. The minimum atomic E-state index is -0.982. The summed E-state index contributed by atoms with van der Waals surface area (Å²) in [6.07, 6.45) is 0.284. The highest BCUT2D eigenvalue weighted by atomic mass is 16.6. The van der Waals surface area contributed by atoms with Gasteiger partial charge in [0.1, 0.15) is 18.5 Å². The van der Waals surface area contributed by atoms with E-state index in [1.54, 1.807) is 6.08 Å². The maximum absolute atomic E-state index is 11.4. The highest BCUT2D eigenvalue weighted by molar-refractivity contribution is 5.75. The Hall–Kier alpha value is -2.96. The number of nitrogens with zero attached hydrogens (tertiary/aromatic N) is 3. The predicted octanol–water partition coefficient (Wildman–Crippen LogP) is 3.95. The van der Waals surface area contributed by atoms with E-state index < -0.39 is 18.4 Å². The summed E-state index contributed by atoms with van der Waals surface area (Å²) < 4.78 is 17.5. The van der Waals surface area contributed by atoms with E-state index in [1.807, 2.05) is 60.7 Å².